The van der Waals surface area contributed by atoms with E-state index < -0.39 is 0 Å². The lowest BCUT2D eigenvalue weighted by Gasteiger charge is -2.07. The summed E-state index contributed by atoms with van der Waals surface area (Å²) in [4.78, 5) is 11.6. The molecule has 0 amide bonds. The number of halogens is 1. The van der Waals surface area contributed by atoms with E-state index in [4.69, 9.17) is 4.74 Å². The van der Waals surface area contributed by atoms with Gasteiger partial charge in [0, 0.05) is 21.8 Å². The highest BCUT2D eigenvalue weighted by atomic mass is 32.2. The summed E-state index contributed by atoms with van der Waals surface area (Å²) in [6.07, 6.45) is 0.802. The fourth-order valence-electron chi connectivity index (χ4n) is 1.66. The smallest absolute Gasteiger partial charge is 0.169 e. The fraction of sp³-hybridized carbons (Fsp3) is 0.133. The van der Waals surface area contributed by atoms with Crippen LogP contribution in [-0.2, 0) is 5.75 Å². The van der Waals surface area contributed by atoms with E-state index in [9.17, 15) is 9.18 Å². The first kappa shape index (κ1) is 13.6. The van der Waals surface area contributed by atoms with Crippen LogP contribution < -0.4 is 4.74 Å². The third kappa shape index (κ3) is 3.35. The van der Waals surface area contributed by atoms with Crippen LogP contribution in [0, 0.1) is 5.82 Å². The minimum Gasteiger partial charge on any atom is -0.494 e. The maximum Gasteiger partial charge on any atom is 0.169 e. The van der Waals surface area contributed by atoms with Crippen molar-refractivity contribution in [1.82, 2.24) is 0 Å². The van der Waals surface area contributed by atoms with Crippen molar-refractivity contribution in [3.05, 3.63) is 59.4 Å². The van der Waals surface area contributed by atoms with Crippen LogP contribution in [0.2, 0.25) is 0 Å². The van der Waals surface area contributed by atoms with Crippen molar-refractivity contribution in [2.45, 2.75) is 10.6 Å². The summed E-state index contributed by atoms with van der Waals surface area (Å²) < 4.78 is 18.9. The van der Waals surface area contributed by atoms with Crippen LogP contribution in [0.3, 0.4) is 0 Å². The number of aldehydes is 1. The Morgan fingerprint density at radius 2 is 2.05 bits per heavy atom. The van der Waals surface area contributed by atoms with E-state index in [1.807, 2.05) is 12.1 Å². The van der Waals surface area contributed by atoms with Gasteiger partial charge in [-0.3, -0.25) is 4.79 Å². The molecule has 0 aliphatic carbocycles. The maximum absolute atomic E-state index is 13.9. The van der Waals surface area contributed by atoms with E-state index >= 15 is 0 Å². The zero-order chi connectivity index (χ0) is 13.7. The van der Waals surface area contributed by atoms with Crippen LogP contribution in [0.25, 0.3) is 0 Å². The van der Waals surface area contributed by atoms with Gasteiger partial charge < -0.3 is 4.74 Å². The van der Waals surface area contributed by atoms with Crippen LogP contribution in [0.5, 0.6) is 5.75 Å². The van der Waals surface area contributed by atoms with Gasteiger partial charge in [0.2, 0.25) is 0 Å². The summed E-state index contributed by atoms with van der Waals surface area (Å²) in [5, 5.41) is 0. The third-order valence-electron chi connectivity index (χ3n) is 2.65. The first-order chi connectivity index (χ1) is 9.24. The monoisotopic (exact) mass is 276 g/mol. The Hall–Kier alpha value is -1.81. The number of hydrogen-bond donors (Lipinski definition) is 0. The van der Waals surface area contributed by atoms with Gasteiger partial charge in [-0.15, -0.1) is 11.8 Å². The number of thioether (sulfide) groups is 1. The van der Waals surface area contributed by atoms with Crippen LogP contribution in [0.1, 0.15) is 15.9 Å². The van der Waals surface area contributed by atoms with E-state index in [1.54, 1.807) is 30.3 Å². The first-order valence-electron chi connectivity index (χ1n) is 5.74. The molecule has 0 fully saturated rings. The lowest BCUT2D eigenvalue weighted by molar-refractivity contribution is 0.112. The predicted octanol–water partition coefficient (Wildman–Crippen LogP) is 3.94. The minimum atomic E-state index is -0.330. The molecule has 2 rings (SSSR count). The van der Waals surface area contributed by atoms with Crippen LogP contribution in [0.4, 0.5) is 4.39 Å². The minimum absolute atomic E-state index is 0.250. The molecule has 2 aromatic carbocycles. The Morgan fingerprint density at radius 1 is 1.26 bits per heavy atom. The summed E-state index contributed by atoms with van der Waals surface area (Å²) in [7, 11) is 1.45. The highest BCUT2D eigenvalue weighted by Gasteiger charge is 2.08. The van der Waals surface area contributed by atoms with E-state index in [2.05, 4.69) is 0 Å². The second-order valence-corrected chi connectivity index (χ2v) is 4.96. The SMILES string of the molecule is COc1cccc(CSc2cccc(C=O)c2)c1F. The normalized spacial score (nSPS) is 10.2. The number of hydrogen-bond acceptors (Lipinski definition) is 3. The molecule has 0 aliphatic rings. The zero-order valence-electron chi connectivity index (χ0n) is 10.4. The predicted molar refractivity (Wildman–Crippen MR) is 74.3 cm³/mol. The summed E-state index contributed by atoms with van der Waals surface area (Å²) in [5.74, 6) is 0.412. The van der Waals surface area contributed by atoms with Crippen molar-refractivity contribution in [2.75, 3.05) is 7.11 Å². The average molecular weight is 276 g/mol. The Labute approximate surface area is 115 Å². The first-order valence-corrected chi connectivity index (χ1v) is 6.72. The molecule has 98 valence electrons. The van der Waals surface area contributed by atoms with Gasteiger partial charge in [0.05, 0.1) is 7.11 Å². The van der Waals surface area contributed by atoms with Gasteiger partial charge in [0.25, 0.3) is 0 Å². The number of rotatable bonds is 5. The fourth-order valence-corrected chi connectivity index (χ4v) is 2.60. The number of carbonyl (C=O) groups is 1. The summed E-state index contributed by atoms with van der Waals surface area (Å²) in [6, 6.07) is 12.3. The maximum atomic E-state index is 13.9. The van der Waals surface area contributed by atoms with Crippen molar-refractivity contribution in [1.29, 1.82) is 0 Å². The quantitative estimate of drug-likeness (QED) is 0.611. The molecule has 0 heterocycles. The van der Waals surface area contributed by atoms with Crippen LogP contribution in [0.15, 0.2) is 47.4 Å². The number of ether oxygens (including phenoxy) is 1. The van der Waals surface area contributed by atoms with Gasteiger partial charge in [-0.05, 0) is 18.2 Å². The van der Waals surface area contributed by atoms with Gasteiger partial charge in [0.1, 0.15) is 6.29 Å². The van der Waals surface area contributed by atoms with Gasteiger partial charge in [-0.1, -0.05) is 24.3 Å². The molecule has 0 bridgehead atoms. The molecule has 0 atom stereocenters. The van der Waals surface area contributed by atoms with E-state index in [0.29, 0.717) is 16.9 Å². The molecular weight excluding hydrogens is 263 g/mol. The Bertz CT molecular complexity index is 584. The average Bonchev–Trinajstić information content (AvgIpc) is 2.46. The molecular formula is C15H13FO2S. The topological polar surface area (TPSA) is 26.3 Å². The van der Waals surface area contributed by atoms with Crippen LogP contribution >= 0.6 is 11.8 Å². The summed E-state index contributed by atoms with van der Waals surface area (Å²) >= 11 is 1.48. The second kappa shape index (κ2) is 6.38. The van der Waals surface area contributed by atoms with Gasteiger partial charge in [-0.2, -0.15) is 0 Å². The van der Waals surface area contributed by atoms with Crippen molar-refractivity contribution in [3.63, 3.8) is 0 Å². The lowest BCUT2D eigenvalue weighted by Crippen LogP contribution is -1.93. The van der Waals surface area contributed by atoms with E-state index in [-0.39, 0.29) is 11.6 Å². The van der Waals surface area contributed by atoms with Gasteiger partial charge >= 0.3 is 0 Å². The van der Waals surface area contributed by atoms with Crippen LogP contribution in [-0.4, -0.2) is 13.4 Å². The van der Waals surface area contributed by atoms with Gasteiger partial charge in [-0.25, -0.2) is 4.39 Å². The second-order valence-electron chi connectivity index (χ2n) is 3.91. The summed E-state index contributed by atoms with van der Waals surface area (Å²) in [6.45, 7) is 0. The van der Waals surface area contributed by atoms with E-state index in [1.165, 1.54) is 18.9 Å². The zero-order valence-corrected chi connectivity index (χ0v) is 11.2. The van der Waals surface area contributed by atoms with Crippen molar-refractivity contribution >= 4 is 18.0 Å². The number of methoxy groups -OCH3 is 1. The van der Waals surface area contributed by atoms with Crippen molar-refractivity contribution in [3.8, 4) is 5.75 Å². The highest BCUT2D eigenvalue weighted by molar-refractivity contribution is 7.98. The molecule has 0 saturated heterocycles. The Kier molecular flexibility index (Phi) is 4.58. The van der Waals surface area contributed by atoms with Crippen molar-refractivity contribution < 1.29 is 13.9 Å². The largest absolute Gasteiger partial charge is 0.494 e. The number of benzene rings is 2. The molecule has 4 heteroatoms. The number of carbonyl (C=O) groups excluding carboxylic acids is 1. The lowest BCUT2D eigenvalue weighted by atomic mass is 10.2. The molecule has 0 aromatic heterocycles. The molecule has 0 aliphatic heterocycles. The molecule has 0 saturated carbocycles. The molecule has 19 heavy (non-hydrogen) atoms. The third-order valence-corrected chi connectivity index (χ3v) is 3.69. The van der Waals surface area contributed by atoms with Gasteiger partial charge in [0.15, 0.2) is 11.6 Å². The Morgan fingerprint density at radius 3 is 2.79 bits per heavy atom. The molecule has 0 radical (unpaired) electrons. The standard InChI is InChI=1S/C15H13FO2S/c1-18-14-7-3-5-12(15(14)16)10-19-13-6-2-4-11(8-13)9-17/h2-9H,10H2,1H3. The van der Waals surface area contributed by atoms with Crippen molar-refractivity contribution in [2.24, 2.45) is 0 Å². The Balaban J connectivity index is 2.12. The molecule has 0 spiro atoms. The van der Waals surface area contributed by atoms with E-state index in [0.717, 1.165) is 11.2 Å². The molecule has 0 N–H and O–H groups in total. The summed E-state index contributed by atoms with van der Waals surface area (Å²) in [5.41, 5.74) is 1.21. The molecule has 2 nitrogen and oxygen atoms in total. The molecule has 0 unspecified atom stereocenters. The highest BCUT2D eigenvalue weighted by Crippen LogP contribution is 2.27. The molecule has 2 aromatic rings.